The number of benzene rings is 3. The van der Waals surface area contributed by atoms with Crippen molar-refractivity contribution in [3.05, 3.63) is 72.8 Å². The number of aromatic nitrogens is 1. The Hall–Kier alpha value is -3.74. The molecule has 7 heteroatoms. The third-order valence-corrected chi connectivity index (χ3v) is 5.02. The average molecular weight is 409 g/mol. The smallest absolute Gasteiger partial charge is 0.447 e. The Balaban J connectivity index is 1.68. The highest BCUT2D eigenvalue weighted by Gasteiger charge is 2.31. The van der Waals surface area contributed by atoms with E-state index in [2.05, 4.69) is 14.6 Å². The lowest BCUT2D eigenvalue weighted by atomic mass is 10.1. The maximum atomic E-state index is 12.4. The second-order valence-electron chi connectivity index (χ2n) is 6.92. The zero-order valence-corrected chi connectivity index (χ0v) is 15.8. The van der Waals surface area contributed by atoms with Gasteiger partial charge in [0.2, 0.25) is 11.1 Å². The van der Waals surface area contributed by atoms with Crippen LogP contribution in [-0.2, 0) is 7.05 Å². The second kappa shape index (κ2) is 6.66. The van der Waals surface area contributed by atoms with Gasteiger partial charge in [0.05, 0.1) is 10.8 Å². The van der Waals surface area contributed by atoms with Crippen LogP contribution in [-0.4, -0.2) is 6.36 Å². The number of alkyl halides is 3. The first-order chi connectivity index (χ1) is 14.4. The monoisotopic (exact) mass is 409 g/mol. The largest absolute Gasteiger partial charge is 0.573 e. The van der Waals surface area contributed by atoms with E-state index in [1.54, 1.807) is 0 Å². The molecule has 150 valence electrons. The van der Waals surface area contributed by atoms with Crippen molar-refractivity contribution in [2.75, 3.05) is 5.32 Å². The molecule has 0 atom stereocenters. The van der Waals surface area contributed by atoms with Gasteiger partial charge in [0.1, 0.15) is 24.1 Å². The Morgan fingerprint density at radius 2 is 1.53 bits per heavy atom. The number of furan rings is 1. The Kier molecular flexibility index (Phi) is 4.06. The first-order valence-electron chi connectivity index (χ1n) is 9.25. The van der Waals surface area contributed by atoms with Gasteiger partial charge in [-0.3, -0.25) is 0 Å². The van der Waals surface area contributed by atoms with E-state index in [4.69, 9.17) is 4.42 Å². The number of fused-ring (bicyclic) bond motifs is 4. The minimum Gasteiger partial charge on any atom is -0.447 e. The molecule has 0 unspecified atom stereocenters. The fourth-order valence-corrected chi connectivity index (χ4v) is 3.76. The van der Waals surface area contributed by atoms with Crippen LogP contribution in [0.25, 0.3) is 33.0 Å². The van der Waals surface area contributed by atoms with Gasteiger partial charge < -0.3 is 14.5 Å². The summed E-state index contributed by atoms with van der Waals surface area (Å²) < 4.78 is 49.5. The van der Waals surface area contributed by atoms with Crippen LogP contribution in [0.1, 0.15) is 0 Å². The van der Waals surface area contributed by atoms with Gasteiger partial charge in [-0.15, -0.1) is 13.2 Å². The highest BCUT2D eigenvalue weighted by atomic mass is 19.4. The molecule has 2 heterocycles. The highest BCUT2D eigenvalue weighted by molar-refractivity contribution is 6.11. The average Bonchev–Trinajstić information content (AvgIpc) is 3.11. The molecule has 0 aliphatic rings. The molecule has 5 aromatic rings. The van der Waals surface area contributed by atoms with E-state index < -0.39 is 6.36 Å². The summed E-state index contributed by atoms with van der Waals surface area (Å²) in [5, 5.41) is 5.24. The summed E-state index contributed by atoms with van der Waals surface area (Å²) in [6.45, 7) is 0. The van der Waals surface area contributed by atoms with E-state index >= 15 is 0 Å². The lowest BCUT2D eigenvalue weighted by Crippen LogP contribution is -2.30. The molecule has 3 aromatic carbocycles. The SMILES string of the molecule is C[n+]1c2ccccc2c(Nc2ccc(OC(F)(F)F)cc2)c2oc3ccccc3c21. The third-order valence-electron chi connectivity index (χ3n) is 5.02. The van der Waals surface area contributed by atoms with Gasteiger partial charge in [-0.05, 0) is 42.5 Å². The van der Waals surface area contributed by atoms with Gasteiger partial charge in [-0.25, -0.2) is 0 Å². The quantitative estimate of drug-likeness (QED) is 0.360. The summed E-state index contributed by atoms with van der Waals surface area (Å²) in [5.41, 5.74) is 4.73. The molecule has 5 rings (SSSR count). The molecular weight excluding hydrogens is 393 g/mol. The van der Waals surface area contributed by atoms with Crippen LogP contribution in [0.15, 0.2) is 77.2 Å². The predicted molar refractivity (Wildman–Crippen MR) is 109 cm³/mol. The molecule has 0 saturated carbocycles. The molecule has 4 nitrogen and oxygen atoms in total. The van der Waals surface area contributed by atoms with E-state index in [-0.39, 0.29) is 5.75 Å². The Morgan fingerprint density at radius 1 is 0.867 bits per heavy atom. The van der Waals surface area contributed by atoms with Gasteiger partial charge in [0, 0.05) is 11.8 Å². The number of rotatable bonds is 3. The molecule has 0 bridgehead atoms. The van der Waals surface area contributed by atoms with Crippen LogP contribution in [0.3, 0.4) is 0 Å². The first-order valence-corrected chi connectivity index (χ1v) is 9.25. The minimum atomic E-state index is -4.72. The van der Waals surface area contributed by atoms with Crippen molar-refractivity contribution >= 4 is 44.3 Å². The Labute approximate surface area is 169 Å². The van der Waals surface area contributed by atoms with E-state index in [0.29, 0.717) is 11.3 Å². The fourth-order valence-electron chi connectivity index (χ4n) is 3.76. The zero-order chi connectivity index (χ0) is 20.9. The lowest BCUT2D eigenvalue weighted by molar-refractivity contribution is -0.616. The first kappa shape index (κ1) is 18.3. The molecule has 0 saturated heterocycles. The number of halogens is 3. The van der Waals surface area contributed by atoms with Crippen LogP contribution in [0.5, 0.6) is 5.75 Å². The topological polar surface area (TPSA) is 38.3 Å². The zero-order valence-electron chi connectivity index (χ0n) is 15.8. The number of hydrogen-bond donors (Lipinski definition) is 1. The number of ether oxygens (including phenoxy) is 1. The second-order valence-corrected chi connectivity index (χ2v) is 6.92. The van der Waals surface area contributed by atoms with Crippen molar-refractivity contribution in [1.29, 1.82) is 0 Å². The van der Waals surface area contributed by atoms with Crippen LogP contribution in [0, 0.1) is 0 Å². The summed E-state index contributed by atoms with van der Waals surface area (Å²) in [5.74, 6) is -0.272. The van der Waals surface area contributed by atoms with Gasteiger partial charge in [0.25, 0.3) is 5.52 Å². The Bertz CT molecular complexity index is 1390. The molecule has 1 N–H and O–H groups in total. The van der Waals surface area contributed by atoms with E-state index in [1.165, 1.54) is 24.3 Å². The number of hydrogen-bond acceptors (Lipinski definition) is 3. The van der Waals surface area contributed by atoms with Crippen LogP contribution >= 0.6 is 0 Å². The number of nitrogens with one attached hydrogen (secondary N) is 1. The van der Waals surface area contributed by atoms with Crippen molar-refractivity contribution in [2.24, 2.45) is 7.05 Å². The number of nitrogens with zero attached hydrogens (tertiary/aromatic N) is 1. The summed E-state index contributed by atoms with van der Waals surface area (Å²) in [6.07, 6.45) is -4.72. The normalized spacial score (nSPS) is 12.0. The van der Waals surface area contributed by atoms with E-state index in [0.717, 1.165) is 33.1 Å². The fraction of sp³-hybridized carbons (Fsp3) is 0.0870. The molecule has 0 amide bonds. The third kappa shape index (κ3) is 3.08. The number of para-hydroxylation sites is 2. The predicted octanol–water partition coefficient (Wildman–Crippen LogP) is 6.21. The van der Waals surface area contributed by atoms with Crippen LogP contribution in [0.4, 0.5) is 24.5 Å². The highest BCUT2D eigenvalue weighted by Crippen LogP contribution is 2.37. The van der Waals surface area contributed by atoms with E-state index in [9.17, 15) is 13.2 Å². The van der Waals surface area contributed by atoms with Gasteiger partial charge in [-0.2, -0.15) is 4.57 Å². The molecule has 0 spiro atoms. The van der Waals surface area contributed by atoms with Gasteiger partial charge in [-0.1, -0.05) is 24.3 Å². The maximum absolute atomic E-state index is 12.4. The van der Waals surface area contributed by atoms with Crippen molar-refractivity contribution in [3.63, 3.8) is 0 Å². The van der Waals surface area contributed by atoms with Crippen LogP contribution in [0.2, 0.25) is 0 Å². The summed E-state index contributed by atoms with van der Waals surface area (Å²) in [7, 11) is 1.99. The van der Waals surface area contributed by atoms with E-state index in [1.807, 2.05) is 55.6 Å². The molecule has 0 radical (unpaired) electrons. The molecule has 30 heavy (non-hydrogen) atoms. The molecule has 0 aliphatic carbocycles. The van der Waals surface area contributed by atoms with Crippen molar-refractivity contribution < 1.29 is 26.9 Å². The molecule has 0 fully saturated rings. The molecule has 0 aliphatic heterocycles. The number of aryl methyl sites for hydroxylation is 1. The standard InChI is InChI=1S/C23H15F3N2O2/c1-28-18-8-4-2-6-16(18)20(22-21(28)17-7-3-5-9-19(17)29-22)27-14-10-12-15(13-11-14)30-23(24,25)26/h2-13H,1H3/p+1. The van der Waals surface area contributed by atoms with Crippen molar-refractivity contribution in [3.8, 4) is 5.75 Å². The van der Waals surface area contributed by atoms with Crippen molar-refractivity contribution in [2.45, 2.75) is 6.36 Å². The molecular formula is C23H16F3N2O2+. The van der Waals surface area contributed by atoms with Crippen LogP contribution < -0.4 is 14.6 Å². The summed E-state index contributed by atoms with van der Waals surface area (Å²) in [4.78, 5) is 0. The number of anilines is 2. The van der Waals surface area contributed by atoms with Crippen molar-refractivity contribution in [1.82, 2.24) is 0 Å². The van der Waals surface area contributed by atoms with Gasteiger partial charge in [0.15, 0.2) is 0 Å². The maximum Gasteiger partial charge on any atom is 0.573 e. The Morgan fingerprint density at radius 3 is 2.27 bits per heavy atom. The summed E-state index contributed by atoms with van der Waals surface area (Å²) >= 11 is 0. The summed E-state index contributed by atoms with van der Waals surface area (Å²) in [6, 6.07) is 21.3. The lowest BCUT2D eigenvalue weighted by Gasteiger charge is -2.12. The minimum absolute atomic E-state index is 0.272. The van der Waals surface area contributed by atoms with Gasteiger partial charge >= 0.3 is 6.36 Å². The molecule has 2 aromatic heterocycles. The number of pyridine rings is 1.